The van der Waals surface area contributed by atoms with Crippen LogP contribution in [0, 0.1) is 5.92 Å². The molecule has 2 aliphatic heterocycles. The molecule has 3 rings (SSSR count). The molecule has 108 valence electrons. The molecule has 2 heterocycles. The van der Waals surface area contributed by atoms with Crippen molar-refractivity contribution in [2.24, 2.45) is 5.92 Å². The second-order valence-corrected chi connectivity index (χ2v) is 6.15. The van der Waals surface area contributed by atoms with E-state index in [-0.39, 0.29) is 5.91 Å². The lowest BCUT2D eigenvalue weighted by atomic mass is 9.89. The summed E-state index contributed by atoms with van der Waals surface area (Å²) in [6.07, 6.45) is 5.65. The molecule has 2 unspecified atom stereocenters. The minimum Gasteiger partial charge on any atom is -0.313 e. The maximum absolute atomic E-state index is 12.6. The van der Waals surface area contributed by atoms with Gasteiger partial charge in [-0.2, -0.15) is 0 Å². The monoisotopic (exact) mass is 272 g/mol. The minimum absolute atomic E-state index is 0.282. The van der Waals surface area contributed by atoms with E-state index >= 15 is 0 Å². The first-order valence-corrected chi connectivity index (χ1v) is 7.87. The molecule has 1 aromatic rings. The number of para-hydroxylation sites is 1. The highest BCUT2D eigenvalue weighted by Crippen LogP contribution is 2.33. The van der Waals surface area contributed by atoms with Gasteiger partial charge in [0.1, 0.15) is 0 Å². The van der Waals surface area contributed by atoms with E-state index in [9.17, 15) is 4.79 Å². The third-order valence-corrected chi connectivity index (χ3v) is 4.72. The number of nitrogens with one attached hydrogen (secondary N) is 1. The summed E-state index contributed by atoms with van der Waals surface area (Å²) >= 11 is 0. The van der Waals surface area contributed by atoms with Gasteiger partial charge in [-0.25, -0.2) is 0 Å². The Morgan fingerprint density at radius 1 is 1.20 bits per heavy atom. The number of piperidine rings is 1. The lowest BCUT2D eigenvalue weighted by molar-refractivity contribution is -0.119. The SMILES string of the molecule is CCN(C(=O)CC1CC2CCC(C1)N2)c1ccccc1. The average Bonchev–Trinajstić information content (AvgIpc) is 2.80. The fourth-order valence-corrected chi connectivity index (χ4v) is 3.81. The number of anilines is 1. The quantitative estimate of drug-likeness (QED) is 0.914. The molecule has 0 aliphatic carbocycles. The van der Waals surface area contributed by atoms with Crippen molar-refractivity contribution in [3.8, 4) is 0 Å². The van der Waals surface area contributed by atoms with Gasteiger partial charge >= 0.3 is 0 Å². The summed E-state index contributed by atoms with van der Waals surface area (Å²) in [7, 11) is 0. The molecule has 2 atom stereocenters. The molecular formula is C17H24N2O. The Balaban J connectivity index is 1.63. The number of carbonyl (C=O) groups excluding carboxylic acids is 1. The smallest absolute Gasteiger partial charge is 0.227 e. The maximum Gasteiger partial charge on any atom is 0.227 e. The fourth-order valence-electron chi connectivity index (χ4n) is 3.81. The van der Waals surface area contributed by atoms with Gasteiger partial charge in [0.05, 0.1) is 0 Å². The largest absolute Gasteiger partial charge is 0.313 e. The predicted octanol–water partition coefficient (Wildman–Crippen LogP) is 2.96. The molecular weight excluding hydrogens is 248 g/mol. The maximum atomic E-state index is 12.6. The highest BCUT2D eigenvalue weighted by atomic mass is 16.2. The van der Waals surface area contributed by atoms with E-state index in [1.165, 1.54) is 25.7 Å². The summed E-state index contributed by atoms with van der Waals surface area (Å²) in [5, 5.41) is 3.64. The van der Waals surface area contributed by atoms with Crippen molar-refractivity contribution in [3.63, 3.8) is 0 Å². The summed E-state index contributed by atoms with van der Waals surface area (Å²) in [4.78, 5) is 14.5. The minimum atomic E-state index is 0.282. The van der Waals surface area contributed by atoms with Crippen LogP contribution in [0.15, 0.2) is 30.3 Å². The molecule has 0 saturated carbocycles. The molecule has 0 radical (unpaired) electrons. The van der Waals surface area contributed by atoms with Crippen LogP contribution in [0.25, 0.3) is 0 Å². The van der Waals surface area contributed by atoms with Crippen molar-refractivity contribution >= 4 is 11.6 Å². The predicted molar refractivity (Wildman–Crippen MR) is 81.8 cm³/mol. The number of hydrogen-bond donors (Lipinski definition) is 1. The topological polar surface area (TPSA) is 32.3 Å². The number of rotatable bonds is 4. The molecule has 0 spiro atoms. The number of nitrogens with zero attached hydrogens (tertiary/aromatic N) is 1. The Hall–Kier alpha value is -1.35. The Labute approximate surface area is 121 Å². The van der Waals surface area contributed by atoms with Gasteiger partial charge in [-0.1, -0.05) is 18.2 Å². The van der Waals surface area contributed by atoms with E-state index in [1.807, 2.05) is 35.2 Å². The van der Waals surface area contributed by atoms with E-state index in [2.05, 4.69) is 12.2 Å². The van der Waals surface area contributed by atoms with Crippen molar-refractivity contribution < 1.29 is 4.79 Å². The molecule has 1 amide bonds. The first-order valence-electron chi connectivity index (χ1n) is 7.87. The highest BCUT2D eigenvalue weighted by Gasteiger charge is 2.34. The highest BCUT2D eigenvalue weighted by molar-refractivity contribution is 5.93. The second-order valence-electron chi connectivity index (χ2n) is 6.15. The molecule has 2 saturated heterocycles. The number of carbonyl (C=O) groups is 1. The van der Waals surface area contributed by atoms with Gasteiger partial charge in [0.15, 0.2) is 0 Å². The van der Waals surface area contributed by atoms with E-state index in [4.69, 9.17) is 0 Å². The zero-order valence-corrected chi connectivity index (χ0v) is 12.2. The molecule has 2 aliphatic rings. The molecule has 0 aromatic heterocycles. The summed E-state index contributed by atoms with van der Waals surface area (Å²) < 4.78 is 0. The van der Waals surface area contributed by atoms with Crippen LogP contribution in [0.5, 0.6) is 0 Å². The Morgan fingerprint density at radius 2 is 1.85 bits per heavy atom. The number of hydrogen-bond acceptors (Lipinski definition) is 2. The van der Waals surface area contributed by atoms with Gasteiger partial charge in [0.25, 0.3) is 0 Å². The van der Waals surface area contributed by atoms with Gasteiger partial charge in [0, 0.05) is 30.7 Å². The van der Waals surface area contributed by atoms with Crippen LogP contribution in [0.1, 0.15) is 39.0 Å². The number of benzene rings is 1. The van der Waals surface area contributed by atoms with Crippen molar-refractivity contribution in [3.05, 3.63) is 30.3 Å². The summed E-state index contributed by atoms with van der Waals surface area (Å²) in [5.74, 6) is 0.851. The molecule has 1 N–H and O–H groups in total. The van der Waals surface area contributed by atoms with Gasteiger partial charge in [-0.05, 0) is 50.7 Å². The number of amides is 1. The zero-order chi connectivity index (χ0) is 13.9. The van der Waals surface area contributed by atoms with Gasteiger partial charge in [-0.3, -0.25) is 4.79 Å². The zero-order valence-electron chi connectivity index (χ0n) is 12.2. The first kappa shape index (κ1) is 13.6. The standard InChI is InChI=1S/C17H24N2O/c1-2-19(16-6-4-3-5-7-16)17(20)12-13-10-14-8-9-15(11-13)18-14/h3-7,13-15,18H,2,8-12H2,1H3. The fraction of sp³-hybridized carbons (Fsp3) is 0.588. The summed E-state index contributed by atoms with van der Waals surface area (Å²) in [6.45, 7) is 2.80. The van der Waals surface area contributed by atoms with Crippen LogP contribution >= 0.6 is 0 Å². The summed E-state index contributed by atoms with van der Waals surface area (Å²) in [5.41, 5.74) is 1.02. The van der Waals surface area contributed by atoms with Crippen LogP contribution < -0.4 is 10.2 Å². The Morgan fingerprint density at radius 3 is 2.45 bits per heavy atom. The van der Waals surface area contributed by atoms with Crippen LogP contribution in [0.3, 0.4) is 0 Å². The average molecular weight is 272 g/mol. The number of fused-ring (bicyclic) bond motifs is 2. The lowest BCUT2D eigenvalue weighted by Crippen LogP contribution is -2.40. The molecule has 3 heteroatoms. The van der Waals surface area contributed by atoms with Crippen LogP contribution in [-0.4, -0.2) is 24.5 Å². The van der Waals surface area contributed by atoms with E-state index < -0.39 is 0 Å². The molecule has 2 fully saturated rings. The summed E-state index contributed by atoms with van der Waals surface area (Å²) in [6, 6.07) is 11.4. The van der Waals surface area contributed by atoms with Gasteiger partial charge < -0.3 is 10.2 Å². The first-order chi connectivity index (χ1) is 9.76. The van der Waals surface area contributed by atoms with Gasteiger partial charge in [-0.15, -0.1) is 0 Å². The van der Waals surface area contributed by atoms with Crippen LogP contribution in [0.2, 0.25) is 0 Å². The molecule has 20 heavy (non-hydrogen) atoms. The molecule has 3 nitrogen and oxygen atoms in total. The Kier molecular flexibility index (Phi) is 4.06. The van der Waals surface area contributed by atoms with Crippen molar-refractivity contribution in [1.29, 1.82) is 0 Å². The third-order valence-electron chi connectivity index (χ3n) is 4.72. The Bertz CT molecular complexity index is 447. The molecule has 1 aromatic carbocycles. The van der Waals surface area contributed by atoms with E-state index in [0.29, 0.717) is 24.4 Å². The normalized spacial score (nSPS) is 28.4. The van der Waals surface area contributed by atoms with E-state index in [0.717, 1.165) is 12.2 Å². The van der Waals surface area contributed by atoms with Crippen LogP contribution in [-0.2, 0) is 4.79 Å². The third kappa shape index (κ3) is 2.88. The lowest BCUT2D eigenvalue weighted by Gasteiger charge is -2.30. The van der Waals surface area contributed by atoms with Crippen molar-refractivity contribution in [2.45, 2.75) is 51.1 Å². The van der Waals surface area contributed by atoms with Crippen LogP contribution in [0.4, 0.5) is 5.69 Å². The second kappa shape index (κ2) is 5.96. The molecule has 2 bridgehead atoms. The van der Waals surface area contributed by atoms with E-state index in [1.54, 1.807) is 0 Å². The van der Waals surface area contributed by atoms with Crippen molar-refractivity contribution in [2.75, 3.05) is 11.4 Å². The van der Waals surface area contributed by atoms with Gasteiger partial charge in [0.2, 0.25) is 5.91 Å². The van der Waals surface area contributed by atoms with Crippen molar-refractivity contribution in [1.82, 2.24) is 5.32 Å².